The fourth-order valence-corrected chi connectivity index (χ4v) is 2.07. The molecule has 0 saturated heterocycles. The van der Waals surface area contributed by atoms with E-state index in [4.69, 9.17) is 4.74 Å². The second-order valence-corrected chi connectivity index (χ2v) is 5.17. The van der Waals surface area contributed by atoms with Crippen LogP contribution < -0.4 is 14.8 Å². The highest BCUT2D eigenvalue weighted by Crippen LogP contribution is 2.16. The molecule has 0 radical (unpaired) electrons. The van der Waals surface area contributed by atoms with Crippen LogP contribution >= 0.6 is 0 Å². The summed E-state index contributed by atoms with van der Waals surface area (Å²) in [6.07, 6.45) is 1.38. The van der Waals surface area contributed by atoms with Crippen LogP contribution in [0.2, 0.25) is 0 Å². The van der Waals surface area contributed by atoms with Gasteiger partial charge in [-0.2, -0.15) is 8.78 Å². The number of rotatable bonds is 9. The summed E-state index contributed by atoms with van der Waals surface area (Å²) >= 11 is 0. The van der Waals surface area contributed by atoms with Crippen LogP contribution in [-0.2, 0) is 0 Å². The summed E-state index contributed by atoms with van der Waals surface area (Å²) in [6, 6.07) is 11.4. The van der Waals surface area contributed by atoms with Gasteiger partial charge in [-0.25, -0.2) is 4.39 Å². The van der Waals surface area contributed by atoms with E-state index in [0.29, 0.717) is 31.7 Å². The van der Waals surface area contributed by atoms with Gasteiger partial charge in [-0.15, -0.1) is 0 Å². The van der Waals surface area contributed by atoms with E-state index in [1.165, 1.54) is 36.4 Å². The number of unbranched alkanes of at least 4 members (excludes halogenated alkanes) is 1. The molecule has 7 heteroatoms. The fraction of sp³-hybridized carbons (Fsp3) is 0.278. The molecule has 2 rings (SSSR count). The maximum Gasteiger partial charge on any atom is 0.387 e. The average Bonchev–Trinajstić information content (AvgIpc) is 2.59. The Hall–Kier alpha value is -2.70. The van der Waals surface area contributed by atoms with Gasteiger partial charge in [0.2, 0.25) is 0 Å². The smallest absolute Gasteiger partial charge is 0.387 e. The molecular weight excluding hydrogens is 335 g/mol. The first-order valence-electron chi connectivity index (χ1n) is 7.76. The largest absolute Gasteiger partial charge is 0.494 e. The van der Waals surface area contributed by atoms with Crippen LogP contribution in [0.15, 0.2) is 48.5 Å². The first-order valence-corrected chi connectivity index (χ1v) is 7.76. The fourth-order valence-electron chi connectivity index (χ4n) is 2.07. The van der Waals surface area contributed by atoms with Crippen molar-refractivity contribution in [2.24, 2.45) is 0 Å². The molecule has 0 bridgehead atoms. The number of hydrogen-bond acceptors (Lipinski definition) is 3. The van der Waals surface area contributed by atoms with Gasteiger partial charge < -0.3 is 14.8 Å². The van der Waals surface area contributed by atoms with Crippen molar-refractivity contribution in [3.8, 4) is 11.5 Å². The lowest BCUT2D eigenvalue weighted by molar-refractivity contribution is -0.0498. The molecule has 25 heavy (non-hydrogen) atoms. The number of carbonyl (C=O) groups is 1. The number of nitrogens with one attached hydrogen (secondary N) is 1. The van der Waals surface area contributed by atoms with E-state index in [0.717, 1.165) is 0 Å². The summed E-state index contributed by atoms with van der Waals surface area (Å²) < 4.78 is 46.8. The monoisotopic (exact) mass is 353 g/mol. The number of ether oxygens (including phenoxy) is 2. The van der Waals surface area contributed by atoms with E-state index in [2.05, 4.69) is 10.1 Å². The molecule has 0 unspecified atom stereocenters. The molecule has 0 saturated carbocycles. The first-order chi connectivity index (χ1) is 12.0. The normalized spacial score (nSPS) is 10.6. The molecule has 0 fully saturated rings. The highest BCUT2D eigenvalue weighted by atomic mass is 19.3. The lowest BCUT2D eigenvalue weighted by Crippen LogP contribution is -2.24. The minimum atomic E-state index is -2.93. The van der Waals surface area contributed by atoms with Crippen LogP contribution in [-0.4, -0.2) is 25.7 Å². The van der Waals surface area contributed by atoms with Crippen molar-refractivity contribution in [1.82, 2.24) is 5.32 Å². The maximum atomic E-state index is 12.7. The van der Waals surface area contributed by atoms with E-state index in [-0.39, 0.29) is 23.0 Å². The van der Waals surface area contributed by atoms with Crippen LogP contribution in [0.25, 0.3) is 0 Å². The molecular formula is C18H18F3NO3. The summed E-state index contributed by atoms with van der Waals surface area (Å²) in [7, 11) is 0. The molecule has 1 N–H and O–H groups in total. The van der Waals surface area contributed by atoms with Gasteiger partial charge in [-0.3, -0.25) is 4.79 Å². The van der Waals surface area contributed by atoms with E-state index in [1.54, 1.807) is 12.1 Å². The predicted molar refractivity (Wildman–Crippen MR) is 86.5 cm³/mol. The first kappa shape index (κ1) is 18.6. The van der Waals surface area contributed by atoms with Crippen molar-refractivity contribution in [3.05, 3.63) is 59.9 Å². The molecule has 4 nitrogen and oxygen atoms in total. The molecule has 0 heterocycles. The standard InChI is InChI=1S/C18H18F3NO3/c19-14-6-8-15(9-7-14)24-11-2-1-10-22-17(23)13-4-3-5-16(12-13)25-18(20)21/h3-9,12,18H,1-2,10-11H2,(H,22,23). The third kappa shape index (κ3) is 6.74. The van der Waals surface area contributed by atoms with Crippen LogP contribution in [0.4, 0.5) is 13.2 Å². The predicted octanol–water partition coefficient (Wildman–Crippen LogP) is 4.02. The van der Waals surface area contributed by atoms with Gasteiger partial charge in [0.1, 0.15) is 17.3 Å². The van der Waals surface area contributed by atoms with Crippen LogP contribution in [0.1, 0.15) is 23.2 Å². The SMILES string of the molecule is O=C(NCCCCOc1ccc(F)cc1)c1cccc(OC(F)F)c1. The number of alkyl halides is 2. The molecule has 0 aromatic heterocycles. The second kappa shape index (κ2) is 9.56. The summed E-state index contributed by atoms with van der Waals surface area (Å²) in [5.41, 5.74) is 0.251. The van der Waals surface area contributed by atoms with Gasteiger partial charge in [0.05, 0.1) is 6.61 Å². The summed E-state index contributed by atoms with van der Waals surface area (Å²) in [5.74, 6) is -0.158. The van der Waals surface area contributed by atoms with Gasteiger partial charge in [0.25, 0.3) is 5.91 Å². The molecule has 0 aliphatic rings. The zero-order valence-electron chi connectivity index (χ0n) is 13.4. The molecule has 134 valence electrons. The van der Waals surface area contributed by atoms with Crippen molar-refractivity contribution >= 4 is 5.91 Å². The highest BCUT2D eigenvalue weighted by Gasteiger charge is 2.09. The van der Waals surface area contributed by atoms with E-state index in [9.17, 15) is 18.0 Å². The van der Waals surface area contributed by atoms with Gasteiger partial charge in [0.15, 0.2) is 0 Å². The molecule has 1 amide bonds. The van der Waals surface area contributed by atoms with Crippen molar-refractivity contribution in [2.75, 3.05) is 13.2 Å². The Morgan fingerprint density at radius 2 is 1.80 bits per heavy atom. The topological polar surface area (TPSA) is 47.6 Å². The number of hydrogen-bond donors (Lipinski definition) is 1. The quantitative estimate of drug-likeness (QED) is 0.693. The Kier molecular flexibility index (Phi) is 7.13. The lowest BCUT2D eigenvalue weighted by atomic mass is 10.2. The number of carbonyl (C=O) groups excluding carboxylic acids is 1. The summed E-state index contributed by atoms with van der Waals surface area (Å²) in [5, 5.41) is 2.70. The van der Waals surface area contributed by atoms with Crippen LogP contribution in [0, 0.1) is 5.82 Å². The zero-order valence-corrected chi connectivity index (χ0v) is 13.4. The molecule has 0 aliphatic heterocycles. The molecule has 2 aromatic rings. The van der Waals surface area contributed by atoms with E-state index in [1.807, 2.05) is 0 Å². The highest BCUT2D eigenvalue weighted by molar-refractivity contribution is 5.94. The molecule has 0 atom stereocenters. The Labute approximate surface area is 143 Å². The number of amides is 1. The maximum absolute atomic E-state index is 12.7. The summed E-state index contributed by atoms with van der Waals surface area (Å²) in [4.78, 5) is 11.9. The molecule has 0 aliphatic carbocycles. The minimum absolute atomic E-state index is 0.0599. The number of benzene rings is 2. The van der Waals surface area contributed by atoms with E-state index >= 15 is 0 Å². The van der Waals surface area contributed by atoms with E-state index < -0.39 is 6.61 Å². The number of halogens is 3. The Bertz CT molecular complexity index is 678. The Balaban J connectivity index is 1.66. The van der Waals surface area contributed by atoms with Crippen LogP contribution in [0.3, 0.4) is 0 Å². The molecule has 0 spiro atoms. The van der Waals surface area contributed by atoms with Crippen molar-refractivity contribution in [3.63, 3.8) is 0 Å². The third-order valence-electron chi connectivity index (χ3n) is 3.26. The van der Waals surface area contributed by atoms with Crippen LogP contribution in [0.5, 0.6) is 11.5 Å². The van der Waals surface area contributed by atoms with Crippen molar-refractivity contribution < 1.29 is 27.4 Å². The second-order valence-electron chi connectivity index (χ2n) is 5.17. The zero-order chi connectivity index (χ0) is 18.1. The molecule has 2 aromatic carbocycles. The lowest BCUT2D eigenvalue weighted by Gasteiger charge is -2.08. The third-order valence-corrected chi connectivity index (χ3v) is 3.26. The van der Waals surface area contributed by atoms with Gasteiger partial charge in [-0.1, -0.05) is 6.07 Å². The van der Waals surface area contributed by atoms with Gasteiger partial charge in [-0.05, 0) is 55.3 Å². The Morgan fingerprint density at radius 3 is 2.52 bits per heavy atom. The minimum Gasteiger partial charge on any atom is -0.494 e. The summed E-state index contributed by atoms with van der Waals surface area (Å²) in [6.45, 7) is -2.07. The Morgan fingerprint density at radius 1 is 1.04 bits per heavy atom. The van der Waals surface area contributed by atoms with Gasteiger partial charge >= 0.3 is 6.61 Å². The van der Waals surface area contributed by atoms with Crippen molar-refractivity contribution in [2.45, 2.75) is 19.5 Å². The average molecular weight is 353 g/mol. The van der Waals surface area contributed by atoms with Gasteiger partial charge in [0, 0.05) is 12.1 Å². The van der Waals surface area contributed by atoms with Crippen molar-refractivity contribution in [1.29, 1.82) is 0 Å².